The number of hydrogen-bond acceptors (Lipinski definition) is 7. The number of nitrogens with one attached hydrogen (secondary N) is 1. The molecule has 0 saturated carbocycles. The van der Waals surface area contributed by atoms with Crippen LogP contribution in [0.5, 0.6) is 0 Å². The normalized spacial score (nSPS) is 19.5. The van der Waals surface area contributed by atoms with Gasteiger partial charge in [-0.05, 0) is 17.4 Å². The lowest BCUT2D eigenvalue weighted by atomic mass is 10.0. The minimum atomic E-state index is -1.24. The Balaban J connectivity index is 1.48. The Kier molecular flexibility index (Phi) is 5.78. The second-order valence-corrected chi connectivity index (χ2v) is 7.64. The molecule has 1 N–H and O–H groups in total. The Hall–Kier alpha value is -2.85. The molecule has 0 fully saturated rings. The number of nitrogens with zero attached hydrogens (tertiary/aromatic N) is 7. The van der Waals surface area contributed by atoms with Crippen LogP contribution in [0.3, 0.4) is 0 Å². The van der Waals surface area contributed by atoms with Crippen LogP contribution < -0.4 is 10.2 Å². The van der Waals surface area contributed by atoms with Crippen LogP contribution in [-0.2, 0) is 11.8 Å². The summed E-state index contributed by atoms with van der Waals surface area (Å²) in [5.74, 6) is 0.225. The number of halogens is 3. The first-order valence-electron chi connectivity index (χ1n) is 9.12. The second kappa shape index (κ2) is 8.49. The molecule has 2 aliphatic rings. The van der Waals surface area contributed by atoms with Crippen molar-refractivity contribution in [3.8, 4) is 0 Å². The molecule has 2 aromatic heterocycles. The maximum absolute atomic E-state index is 13.5. The fourth-order valence-electron chi connectivity index (χ4n) is 3.12. The minimum absolute atomic E-state index is 0.0819. The van der Waals surface area contributed by atoms with Crippen molar-refractivity contribution in [2.24, 2.45) is 7.05 Å². The molecule has 1 amide bonds. The highest BCUT2D eigenvalue weighted by Crippen LogP contribution is 2.30. The van der Waals surface area contributed by atoms with Crippen LogP contribution in [0.4, 0.5) is 16.2 Å². The average molecular weight is 451 g/mol. The van der Waals surface area contributed by atoms with Crippen LogP contribution in [-0.4, -0.2) is 55.3 Å². The first-order valence-corrected chi connectivity index (χ1v) is 9.87. The number of carbonyl (C=O) groups excluding carboxylic acids is 1. The maximum atomic E-state index is 13.5. The SMILES string of the molecule is Cn1nnc(N2CCC(Cl)=C(c3cnc(NC(=O)C4=C(Cl)C=CC(F)C4)cn3)C2)n1. The van der Waals surface area contributed by atoms with E-state index in [1.165, 1.54) is 29.3 Å². The van der Waals surface area contributed by atoms with Crippen LogP contribution in [0.1, 0.15) is 18.5 Å². The summed E-state index contributed by atoms with van der Waals surface area (Å²) in [7, 11) is 1.70. The lowest BCUT2D eigenvalue weighted by Crippen LogP contribution is -2.31. The third kappa shape index (κ3) is 4.34. The number of carbonyl (C=O) groups is 1. The number of alkyl halides is 1. The topological polar surface area (TPSA) is 102 Å². The standard InChI is InChI=1S/C18H17Cl2FN8O/c1-28-26-18(25-27-28)29-5-4-14(20)12(9-29)15-7-23-16(8-22-15)24-17(30)11-6-10(21)2-3-13(11)19/h2-3,7-8,10H,4-6,9H2,1H3,(H,23,24,30). The molecule has 156 valence electrons. The molecule has 1 unspecified atom stereocenters. The van der Waals surface area contributed by atoms with Gasteiger partial charge in [0.05, 0.1) is 25.1 Å². The van der Waals surface area contributed by atoms with E-state index in [0.29, 0.717) is 36.2 Å². The molecule has 4 rings (SSSR count). The van der Waals surface area contributed by atoms with Gasteiger partial charge in [-0.15, -0.1) is 5.10 Å². The van der Waals surface area contributed by atoms with E-state index in [2.05, 4.69) is 30.7 Å². The van der Waals surface area contributed by atoms with Crippen LogP contribution in [0.15, 0.2) is 40.2 Å². The van der Waals surface area contributed by atoms with E-state index in [1.807, 2.05) is 4.90 Å². The quantitative estimate of drug-likeness (QED) is 0.763. The summed E-state index contributed by atoms with van der Waals surface area (Å²) in [6.45, 7) is 1.12. The predicted octanol–water partition coefficient (Wildman–Crippen LogP) is 2.59. The third-order valence-electron chi connectivity index (χ3n) is 4.67. The molecule has 0 aromatic carbocycles. The lowest BCUT2D eigenvalue weighted by molar-refractivity contribution is -0.113. The molecule has 3 heterocycles. The van der Waals surface area contributed by atoms with E-state index >= 15 is 0 Å². The monoisotopic (exact) mass is 450 g/mol. The number of rotatable bonds is 4. The number of anilines is 2. The number of amides is 1. The molecule has 30 heavy (non-hydrogen) atoms. The van der Waals surface area contributed by atoms with Gasteiger partial charge in [0.15, 0.2) is 5.82 Å². The summed E-state index contributed by atoms with van der Waals surface area (Å²) in [5, 5.41) is 15.6. The molecule has 2 aromatic rings. The Labute approximate surface area is 181 Å². The summed E-state index contributed by atoms with van der Waals surface area (Å²) in [6.07, 6.45) is 4.93. The van der Waals surface area contributed by atoms with Gasteiger partial charge in [0.2, 0.25) is 0 Å². The zero-order valence-corrected chi connectivity index (χ0v) is 17.4. The van der Waals surface area contributed by atoms with E-state index < -0.39 is 12.1 Å². The van der Waals surface area contributed by atoms with Crippen molar-refractivity contribution < 1.29 is 9.18 Å². The maximum Gasteiger partial charge on any atom is 0.266 e. The fraction of sp³-hybridized carbons (Fsp3) is 0.333. The lowest BCUT2D eigenvalue weighted by Gasteiger charge is -2.27. The van der Waals surface area contributed by atoms with Crippen molar-refractivity contribution in [3.05, 3.63) is 45.9 Å². The highest BCUT2D eigenvalue weighted by molar-refractivity contribution is 6.34. The van der Waals surface area contributed by atoms with Crippen LogP contribution >= 0.6 is 23.2 Å². The minimum Gasteiger partial charge on any atom is -0.333 e. The molecule has 12 heteroatoms. The summed E-state index contributed by atoms with van der Waals surface area (Å²) in [4.78, 5) is 24.3. The van der Waals surface area contributed by atoms with Gasteiger partial charge in [-0.2, -0.15) is 4.80 Å². The van der Waals surface area contributed by atoms with E-state index in [0.717, 1.165) is 5.57 Å². The number of aryl methyl sites for hydroxylation is 1. The smallest absolute Gasteiger partial charge is 0.266 e. The Morgan fingerprint density at radius 1 is 1.30 bits per heavy atom. The van der Waals surface area contributed by atoms with Gasteiger partial charge < -0.3 is 10.2 Å². The molecular weight excluding hydrogens is 434 g/mol. The molecule has 1 aliphatic heterocycles. The first-order chi connectivity index (χ1) is 14.4. The molecule has 0 saturated heterocycles. The number of aromatic nitrogens is 6. The molecule has 0 bridgehead atoms. The van der Waals surface area contributed by atoms with Crippen LogP contribution in [0.2, 0.25) is 0 Å². The van der Waals surface area contributed by atoms with Gasteiger partial charge in [-0.25, -0.2) is 9.37 Å². The van der Waals surface area contributed by atoms with Crippen molar-refractivity contribution in [3.63, 3.8) is 0 Å². The number of hydrogen-bond donors (Lipinski definition) is 1. The van der Waals surface area contributed by atoms with Crippen molar-refractivity contribution >= 4 is 46.4 Å². The highest BCUT2D eigenvalue weighted by Gasteiger charge is 2.24. The first kappa shape index (κ1) is 20.4. The largest absolute Gasteiger partial charge is 0.333 e. The summed E-state index contributed by atoms with van der Waals surface area (Å²) in [6, 6.07) is 0. The number of tetrazole rings is 1. The zero-order valence-electron chi connectivity index (χ0n) is 15.9. The van der Waals surface area contributed by atoms with E-state index in [4.69, 9.17) is 23.2 Å². The van der Waals surface area contributed by atoms with Crippen LogP contribution in [0, 0.1) is 0 Å². The highest BCUT2D eigenvalue weighted by atomic mass is 35.5. The number of allylic oxidation sites excluding steroid dienone is 3. The van der Waals surface area contributed by atoms with Crippen molar-refractivity contribution in [1.29, 1.82) is 0 Å². The van der Waals surface area contributed by atoms with Crippen molar-refractivity contribution in [2.45, 2.75) is 19.0 Å². The molecule has 0 radical (unpaired) electrons. The zero-order chi connectivity index (χ0) is 21.3. The van der Waals surface area contributed by atoms with Crippen molar-refractivity contribution in [1.82, 2.24) is 30.2 Å². The van der Waals surface area contributed by atoms with Gasteiger partial charge in [0, 0.05) is 47.1 Å². The molecular formula is C18H17Cl2FN8O. The van der Waals surface area contributed by atoms with E-state index in [-0.39, 0.29) is 22.8 Å². The van der Waals surface area contributed by atoms with Gasteiger partial charge >= 0.3 is 0 Å². The predicted molar refractivity (Wildman–Crippen MR) is 111 cm³/mol. The summed E-state index contributed by atoms with van der Waals surface area (Å²) in [5.41, 5.74) is 1.54. The Morgan fingerprint density at radius 2 is 2.13 bits per heavy atom. The third-order valence-corrected chi connectivity index (χ3v) is 5.44. The van der Waals surface area contributed by atoms with Gasteiger partial charge in [0.1, 0.15) is 6.17 Å². The summed E-state index contributed by atoms with van der Waals surface area (Å²) >= 11 is 12.4. The average Bonchev–Trinajstić information content (AvgIpc) is 3.17. The second-order valence-electron chi connectivity index (χ2n) is 6.78. The van der Waals surface area contributed by atoms with Gasteiger partial charge in [-0.1, -0.05) is 28.3 Å². The molecule has 0 spiro atoms. The van der Waals surface area contributed by atoms with Crippen molar-refractivity contribution in [2.75, 3.05) is 23.3 Å². The Morgan fingerprint density at radius 3 is 2.83 bits per heavy atom. The fourth-order valence-corrected chi connectivity index (χ4v) is 3.60. The molecule has 9 nitrogen and oxygen atoms in total. The van der Waals surface area contributed by atoms with E-state index in [9.17, 15) is 9.18 Å². The summed E-state index contributed by atoms with van der Waals surface area (Å²) < 4.78 is 13.5. The van der Waals surface area contributed by atoms with Gasteiger partial charge in [-0.3, -0.25) is 9.78 Å². The van der Waals surface area contributed by atoms with E-state index in [1.54, 1.807) is 7.05 Å². The molecule has 1 aliphatic carbocycles. The van der Waals surface area contributed by atoms with Crippen LogP contribution in [0.25, 0.3) is 5.57 Å². The molecule has 1 atom stereocenters. The Bertz CT molecular complexity index is 1060. The van der Waals surface area contributed by atoms with Gasteiger partial charge in [0.25, 0.3) is 11.9 Å².